The molecule has 2 aliphatic rings. The van der Waals surface area contributed by atoms with Crippen LogP contribution >= 0.6 is 0 Å². The molecule has 0 aliphatic carbocycles. The summed E-state index contributed by atoms with van der Waals surface area (Å²) in [6.45, 7) is 0.431. The zero-order valence-electron chi connectivity index (χ0n) is 19.2. The van der Waals surface area contributed by atoms with Gasteiger partial charge in [0.15, 0.2) is 18.1 Å². The number of esters is 1. The van der Waals surface area contributed by atoms with Gasteiger partial charge in [0, 0.05) is 6.42 Å². The molecule has 1 unspecified atom stereocenters. The standard InChI is InChI=1S/C27H24N2O6/c1-32-21-10-7-19(8-11-21)23-16-22(18-5-3-2-4-6-18)28-29(23)26(30)17-35-27(31)20-9-12-24-25(15-20)34-14-13-33-24/h2-12,15,23H,13-14,16-17H2,1H3. The van der Waals surface area contributed by atoms with Crippen molar-refractivity contribution in [3.05, 3.63) is 89.5 Å². The minimum Gasteiger partial charge on any atom is -0.497 e. The van der Waals surface area contributed by atoms with Gasteiger partial charge in [-0.15, -0.1) is 0 Å². The van der Waals surface area contributed by atoms with E-state index in [1.165, 1.54) is 5.01 Å². The van der Waals surface area contributed by atoms with Crippen molar-refractivity contribution in [2.24, 2.45) is 5.10 Å². The Balaban J connectivity index is 1.33. The number of benzene rings is 3. The topological polar surface area (TPSA) is 86.7 Å². The highest BCUT2D eigenvalue weighted by Gasteiger charge is 2.33. The lowest BCUT2D eigenvalue weighted by Crippen LogP contribution is -2.31. The highest BCUT2D eigenvalue weighted by Crippen LogP contribution is 2.34. The molecule has 0 fully saturated rings. The van der Waals surface area contributed by atoms with Crippen molar-refractivity contribution in [3.8, 4) is 17.2 Å². The summed E-state index contributed by atoms with van der Waals surface area (Å²) in [5.41, 5.74) is 2.92. The maximum Gasteiger partial charge on any atom is 0.338 e. The third kappa shape index (κ3) is 4.82. The number of hydrazone groups is 1. The number of fused-ring (bicyclic) bond motifs is 1. The maximum atomic E-state index is 13.2. The van der Waals surface area contributed by atoms with Crippen LogP contribution in [0.25, 0.3) is 0 Å². The molecule has 0 saturated heterocycles. The summed E-state index contributed by atoms with van der Waals surface area (Å²) in [5, 5.41) is 6.01. The fraction of sp³-hybridized carbons (Fsp3) is 0.222. The molecule has 0 aromatic heterocycles. The first-order valence-electron chi connectivity index (χ1n) is 11.3. The number of hydrogen-bond donors (Lipinski definition) is 0. The van der Waals surface area contributed by atoms with Gasteiger partial charge in [0.25, 0.3) is 5.91 Å². The Bertz CT molecular complexity index is 1260. The molecule has 0 radical (unpaired) electrons. The molecule has 5 rings (SSSR count). The Hall–Kier alpha value is -4.33. The highest BCUT2D eigenvalue weighted by atomic mass is 16.6. The molecule has 3 aromatic rings. The first kappa shape index (κ1) is 22.5. The van der Waals surface area contributed by atoms with Crippen molar-refractivity contribution < 1.29 is 28.5 Å². The van der Waals surface area contributed by atoms with Crippen LogP contribution in [-0.4, -0.2) is 49.5 Å². The van der Waals surface area contributed by atoms with Gasteiger partial charge < -0.3 is 18.9 Å². The van der Waals surface area contributed by atoms with Gasteiger partial charge in [-0.3, -0.25) is 4.79 Å². The molecule has 3 aromatic carbocycles. The van der Waals surface area contributed by atoms with Crippen molar-refractivity contribution in [1.82, 2.24) is 5.01 Å². The van der Waals surface area contributed by atoms with Crippen molar-refractivity contribution in [1.29, 1.82) is 0 Å². The number of carbonyl (C=O) groups excluding carboxylic acids is 2. The number of methoxy groups -OCH3 is 1. The van der Waals surface area contributed by atoms with Crippen LogP contribution in [0.3, 0.4) is 0 Å². The Kier molecular flexibility index (Phi) is 6.34. The first-order valence-corrected chi connectivity index (χ1v) is 11.3. The van der Waals surface area contributed by atoms with E-state index in [0.717, 1.165) is 22.6 Å². The van der Waals surface area contributed by atoms with Crippen LogP contribution in [0, 0.1) is 0 Å². The van der Waals surface area contributed by atoms with E-state index in [1.807, 2.05) is 54.6 Å². The smallest absolute Gasteiger partial charge is 0.338 e. The zero-order chi connectivity index (χ0) is 24.2. The average molecular weight is 472 g/mol. The Labute approximate surface area is 202 Å². The van der Waals surface area contributed by atoms with E-state index in [0.29, 0.717) is 31.1 Å². The summed E-state index contributed by atoms with van der Waals surface area (Å²) in [5.74, 6) is 0.743. The average Bonchev–Trinajstić information content (AvgIpc) is 3.37. The normalized spacial score (nSPS) is 16.4. The number of ether oxygens (including phenoxy) is 4. The van der Waals surface area contributed by atoms with Gasteiger partial charge in [-0.05, 0) is 41.5 Å². The lowest BCUT2D eigenvalue weighted by molar-refractivity contribution is -0.136. The molecular formula is C27H24N2O6. The van der Waals surface area contributed by atoms with Gasteiger partial charge in [0.05, 0.1) is 24.4 Å². The molecule has 0 N–H and O–H groups in total. The molecule has 0 saturated carbocycles. The van der Waals surface area contributed by atoms with E-state index in [4.69, 9.17) is 18.9 Å². The van der Waals surface area contributed by atoms with Crippen molar-refractivity contribution in [3.63, 3.8) is 0 Å². The molecule has 8 heteroatoms. The Morgan fingerprint density at radius 3 is 2.46 bits per heavy atom. The van der Waals surface area contributed by atoms with Gasteiger partial charge in [-0.2, -0.15) is 5.10 Å². The van der Waals surface area contributed by atoms with Crippen LogP contribution < -0.4 is 14.2 Å². The minimum atomic E-state index is -0.622. The summed E-state index contributed by atoms with van der Waals surface area (Å²) in [6.07, 6.45) is 0.540. The Morgan fingerprint density at radius 2 is 1.71 bits per heavy atom. The number of carbonyl (C=O) groups is 2. The van der Waals surface area contributed by atoms with Gasteiger partial charge in [-0.25, -0.2) is 9.80 Å². The predicted molar refractivity (Wildman–Crippen MR) is 128 cm³/mol. The summed E-state index contributed by atoms with van der Waals surface area (Å²) in [7, 11) is 1.60. The molecule has 2 aliphatic heterocycles. The summed E-state index contributed by atoms with van der Waals surface area (Å²) in [6, 6.07) is 21.7. The summed E-state index contributed by atoms with van der Waals surface area (Å²) in [4.78, 5) is 25.8. The van der Waals surface area contributed by atoms with Crippen LogP contribution in [0.15, 0.2) is 77.9 Å². The quantitative estimate of drug-likeness (QED) is 0.504. The molecule has 2 heterocycles. The van der Waals surface area contributed by atoms with Gasteiger partial charge in [0.2, 0.25) is 0 Å². The number of rotatable bonds is 6. The Morgan fingerprint density at radius 1 is 0.971 bits per heavy atom. The molecule has 0 bridgehead atoms. The number of hydrogen-bond acceptors (Lipinski definition) is 7. The van der Waals surface area contributed by atoms with Crippen LogP contribution in [0.2, 0.25) is 0 Å². The SMILES string of the molecule is COc1ccc(C2CC(c3ccccc3)=NN2C(=O)COC(=O)c2ccc3c(c2)OCCO3)cc1. The van der Waals surface area contributed by atoms with E-state index in [9.17, 15) is 9.59 Å². The lowest BCUT2D eigenvalue weighted by Gasteiger charge is -2.22. The van der Waals surface area contributed by atoms with E-state index < -0.39 is 18.5 Å². The van der Waals surface area contributed by atoms with Crippen LogP contribution in [-0.2, 0) is 9.53 Å². The van der Waals surface area contributed by atoms with Crippen molar-refractivity contribution in [2.45, 2.75) is 12.5 Å². The van der Waals surface area contributed by atoms with Gasteiger partial charge in [0.1, 0.15) is 19.0 Å². The summed E-state index contributed by atoms with van der Waals surface area (Å²) >= 11 is 0. The van der Waals surface area contributed by atoms with E-state index in [1.54, 1.807) is 25.3 Å². The van der Waals surface area contributed by atoms with E-state index >= 15 is 0 Å². The van der Waals surface area contributed by atoms with Crippen LogP contribution in [0.5, 0.6) is 17.2 Å². The first-order chi connectivity index (χ1) is 17.1. The van der Waals surface area contributed by atoms with Gasteiger partial charge >= 0.3 is 5.97 Å². The molecule has 8 nitrogen and oxygen atoms in total. The molecule has 1 amide bonds. The lowest BCUT2D eigenvalue weighted by atomic mass is 9.98. The second kappa shape index (κ2) is 9.89. The number of amides is 1. The third-order valence-electron chi connectivity index (χ3n) is 5.88. The number of nitrogens with zero attached hydrogens (tertiary/aromatic N) is 2. The third-order valence-corrected chi connectivity index (χ3v) is 5.88. The fourth-order valence-corrected chi connectivity index (χ4v) is 4.08. The maximum absolute atomic E-state index is 13.2. The largest absolute Gasteiger partial charge is 0.497 e. The van der Waals surface area contributed by atoms with Crippen molar-refractivity contribution in [2.75, 3.05) is 26.9 Å². The minimum absolute atomic E-state index is 0.281. The highest BCUT2D eigenvalue weighted by molar-refractivity contribution is 6.03. The monoisotopic (exact) mass is 472 g/mol. The fourth-order valence-electron chi connectivity index (χ4n) is 4.08. The van der Waals surface area contributed by atoms with Gasteiger partial charge in [-0.1, -0.05) is 42.5 Å². The van der Waals surface area contributed by atoms with Crippen LogP contribution in [0.1, 0.15) is 33.9 Å². The second-order valence-electron chi connectivity index (χ2n) is 8.08. The molecular weight excluding hydrogens is 448 g/mol. The predicted octanol–water partition coefficient (Wildman–Crippen LogP) is 4.00. The molecule has 35 heavy (non-hydrogen) atoms. The molecule has 1 atom stereocenters. The molecule has 178 valence electrons. The van der Waals surface area contributed by atoms with E-state index in [-0.39, 0.29) is 11.6 Å². The van der Waals surface area contributed by atoms with Crippen LogP contribution in [0.4, 0.5) is 0 Å². The van der Waals surface area contributed by atoms with Crippen molar-refractivity contribution >= 4 is 17.6 Å². The second-order valence-corrected chi connectivity index (χ2v) is 8.08. The molecule has 0 spiro atoms. The zero-order valence-corrected chi connectivity index (χ0v) is 19.2. The summed E-state index contributed by atoms with van der Waals surface area (Å²) < 4.78 is 21.6. The van der Waals surface area contributed by atoms with E-state index in [2.05, 4.69) is 5.10 Å².